The van der Waals surface area contributed by atoms with Gasteiger partial charge in [0.25, 0.3) is 0 Å². The topological polar surface area (TPSA) is 46.0 Å². The second-order valence-corrected chi connectivity index (χ2v) is 3.03. The number of aromatic nitrogens is 2. The average Bonchev–Trinajstić information content (AvgIpc) is 2.29. The predicted octanol–water partition coefficient (Wildman–Crippen LogP) is 1.77. The van der Waals surface area contributed by atoms with Gasteiger partial charge in [-0.2, -0.15) is 0 Å². The molecular formula is C11H9FN2O. The Bertz CT molecular complexity index is 474. The number of hydrogen-bond acceptors (Lipinski definition) is 3. The zero-order chi connectivity index (χ0) is 10.7. The number of benzene rings is 1. The van der Waals surface area contributed by atoms with Crippen LogP contribution in [0.4, 0.5) is 4.39 Å². The smallest absolute Gasteiger partial charge is 0.154 e. The Morgan fingerprint density at radius 1 is 1.27 bits per heavy atom. The number of aliphatic hydroxyl groups excluding tert-OH is 1. The van der Waals surface area contributed by atoms with E-state index < -0.39 is 0 Å². The summed E-state index contributed by atoms with van der Waals surface area (Å²) in [7, 11) is 0. The minimum absolute atomic E-state index is 0.219. The maximum Gasteiger partial charge on any atom is 0.154 e. The van der Waals surface area contributed by atoms with Gasteiger partial charge in [-0.05, 0) is 18.2 Å². The summed E-state index contributed by atoms with van der Waals surface area (Å²) in [5.41, 5.74) is 1.28. The van der Waals surface area contributed by atoms with Gasteiger partial charge in [0.1, 0.15) is 12.4 Å². The third-order valence-electron chi connectivity index (χ3n) is 1.97. The molecule has 2 aromatic rings. The van der Waals surface area contributed by atoms with Crippen LogP contribution in [0, 0.1) is 5.82 Å². The molecule has 0 spiro atoms. The first-order chi connectivity index (χ1) is 7.29. The molecule has 0 bridgehead atoms. The Labute approximate surface area is 86.3 Å². The van der Waals surface area contributed by atoms with Crippen molar-refractivity contribution >= 4 is 0 Å². The molecule has 2 rings (SSSR count). The van der Waals surface area contributed by atoms with Crippen molar-refractivity contribution in [3.05, 3.63) is 48.2 Å². The van der Waals surface area contributed by atoms with Gasteiger partial charge in [0, 0.05) is 11.8 Å². The van der Waals surface area contributed by atoms with Crippen LogP contribution in [0.3, 0.4) is 0 Å². The molecule has 0 aliphatic heterocycles. The van der Waals surface area contributed by atoms with Gasteiger partial charge in [-0.15, -0.1) is 0 Å². The number of nitrogens with zero attached hydrogens (tertiary/aromatic N) is 2. The maximum absolute atomic E-state index is 12.9. The highest BCUT2D eigenvalue weighted by Crippen LogP contribution is 2.17. The Morgan fingerprint density at radius 2 is 2.13 bits per heavy atom. The standard InChI is InChI=1S/C11H9FN2O/c12-9-3-1-2-8(6-9)10-4-5-13-11(7-15)14-10/h1-6,15H,7H2. The summed E-state index contributed by atoms with van der Waals surface area (Å²) < 4.78 is 12.9. The second kappa shape index (κ2) is 4.14. The van der Waals surface area contributed by atoms with E-state index in [1.807, 2.05) is 0 Å². The van der Waals surface area contributed by atoms with Crippen molar-refractivity contribution in [3.8, 4) is 11.3 Å². The van der Waals surface area contributed by atoms with Crippen LogP contribution in [0.15, 0.2) is 36.5 Å². The van der Waals surface area contributed by atoms with Gasteiger partial charge in [-0.3, -0.25) is 0 Å². The largest absolute Gasteiger partial charge is 0.388 e. The molecule has 0 unspecified atom stereocenters. The van der Waals surface area contributed by atoms with E-state index in [1.54, 1.807) is 24.4 Å². The lowest BCUT2D eigenvalue weighted by atomic mass is 10.1. The highest BCUT2D eigenvalue weighted by molar-refractivity contribution is 5.58. The molecule has 4 heteroatoms. The molecule has 1 aromatic heterocycles. The minimum atomic E-state index is -0.309. The van der Waals surface area contributed by atoms with Gasteiger partial charge in [0.15, 0.2) is 5.82 Å². The Hall–Kier alpha value is -1.81. The molecule has 0 amide bonds. The van der Waals surface area contributed by atoms with Crippen LogP contribution in [0.1, 0.15) is 5.82 Å². The van der Waals surface area contributed by atoms with E-state index in [2.05, 4.69) is 9.97 Å². The van der Waals surface area contributed by atoms with Gasteiger partial charge in [-0.1, -0.05) is 12.1 Å². The van der Waals surface area contributed by atoms with Crippen molar-refractivity contribution in [1.82, 2.24) is 9.97 Å². The monoisotopic (exact) mass is 204 g/mol. The fourth-order valence-corrected chi connectivity index (χ4v) is 1.28. The zero-order valence-corrected chi connectivity index (χ0v) is 7.89. The minimum Gasteiger partial charge on any atom is -0.388 e. The summed E-state index contributed by atoms with van der Waals surface area (Å²) in [6.45, 7) is -0.219. The summed E-state index contributed by atoms with van der Waals surface area (Å²) in [4.78, 5) is 7.93. The lowest BCUT2D eigenvalue weighted by molar-refractivity contribution is 0.271. The van der Waals surface area contributed by atoms with Gasteiger partial charge >= 0.3 is 0 Å². The number of halogens is 1. The van der Waals surface area contributed by atoms with Crippen LogP contribution in [-0.4, -0.2) is 15.1 Å². The van der Waals surface area contributed by atoms with E-state index in [-0.39, 0.29) is 12.4 Å². The van der Waals surface area contributed by atoms with Crippen molar-refractivity contribution in [1.29, 1.82) is 0 Å². The molecule has 0 saturated carbocycles. The average molecular weight is 204 g/mol. The highest BCUT2D eigenvalue weighted by Gasteiger charge is 2.02. The normalized spacial score (nSPS) is 10.3. The molecule has 1 N–H and O–H groups in total. The van der Waals surface area contributed by atoms with Crippen molar-refractivity contribution in [2.45, 2.75) is 6.61 Å². The van der Waals surface area contributed by atoms with E-state index in [0.717, 1.165) is 0 Å². The molecule has 1 aromatic carbocycles. The molecule has 0 fully saturated rings. The quantitative estimate of drug-likeness (QED) is 0.810. The van der Waals surface area contributed by atoms with Crippen LogP contribution in [0.25, 0.3) is 11.3 Å². The Balaban J connectivity index is 2.44. The molecule has 0 atom stereocenters. The summed E-state index contributed by atoms with van der Waals surface area (Å²) in [5, 5.41) is 8.86. The molecule has 0 aliphatic carbocycles. The van der Waals surface area contributed by atoms with Gasteiger partial charge in [0.05, 0.1) is 5.69 Å². The molecule has 0 saturated heterocycles. The first-order valence-corrected chi connectivity index (χ1v) is 4.48. The SMILES string of the molecule is OCc1nccc(-c2cccc(F)c2)n1. The van der Waals surface area contributed by atoms with Gasteiger partial charge in [-0.25, -0.2) is 14.4 Å². The first kappa shape index (κ1) is 9.73. The van der Waals surface area contributed by atoms with Crippen LogP contribution in [0.2, 0.25) is 0 Å². The third kappa shape index (κ3) is 2.16. The molecule has 0 radical (unpaired) electrons. The fourth-order valence-electron chi connectivity index (χ4n) is 1.28. The summed E-state index contributed by atoms with van der Waals surface area (Å²) in [6, 6.07) is 7.81. The third-order valence-corrected chi connectivity index (χ3v) is 1.97. The predicted molar refractivity (Wildman–Crippen MR) is 53.3 cm³/mol. The number of aliphatic hydroxyl groups is 1. The van der Waals surface area contributed by atoms with Crippen molar-refractivity contribution in [2.75, 3.05) is 0 Å². The molecule has 15 heavy (non-hydrogen) atoms. The van der Waals surface area contributed by atoms with Crippen LogP contribution in [-0.2, 0) is 6.61 Å². The van der Waals surface area contributed by atoms with Crippen molar-refractivity contribution < 1.29 is 9.50 Å². The molecular weight excluding hydrogens is 195 g/mol. The van der Waals surface area contributed by atoms with Crippen LogP contribution < -0.4 is 0 Å². The Morgan fingerprint density at radius 3 is 2.87 bits per heavy atom. The van der Waals surface area contributed by atoms with E-state index in [9.17, 15) is 4.39 Å². The van der Waals surface area contributed by atoms with E-state index in [4.69, 9.17) is 5.11 Å². The maximum atomic E-state index is 12.9. The van der Waals surface area contributed by atoms with Crippen LogP contribution >= 0.6 is 0 Å². The second-order valence-electron chi connectivity index (χ2n) is 3.03. The first-order valence-electron chi connectivity index (χ1n) is 4.48. The summed E-state index contributed by atoms with van der Waals surface area (Å²) >= 11 is 0. The van der Waals surface area contributed by atoms with Crippen molar-refractivity contribution in [3.63, 3.8) is 0 Å². The zero-order valence-electron chi connectivity index (χ0n) is 7.89. The van der Waals surface area contributed by atoms with Gasteiger partial charge in [0.2, 0.25) is 0 Å². The fraction of sp³-hybridized carbons (Fsp3) is 0.0909. The van der Waals surface area contributed by atoms with Gasteiger partial charge < -0.3 is 5.11 Å². The molecule has 76 valence electrons. The van der Waals surface area contributed by atoms with E-state index in [1.165, 1.54) is 12.1 Å². The lowest BCUT2D eigenvalue weighted by Crippen LogP contribution is -1.95. The Kier molecular flexibility index (Phi) is 2.69. The lowest BCUT2D eigenvalue weighted by Gasteiger charge is -2.01. The highest BCUT2D eigenvalue weighted by atomic mass is 19.1. The summed E-state index contributed by atoms with van der Waals surface area (Å²) in [5.74, 6) is 0.0217. The van der Waals surface area contributed by atoms with Crippen molar-refractivity contribution in [2.24, 2.45) is 0 Å². The number of hydrogen-bond donors (Lipinski definition) is 1. The van der Waals surface area contributed by atoms with E-state index in [0.29, 0.717) is 17.1 Å². The van der Waals surface area contributed by atoms with E-state index >= 15 is 0 Å². The molecule has 3 nitrogen and oxygen atoms in total. The summed E-state index contributed by atoms with van der Waals surface area (Å²) in [6.07, 6.45) is 1.54. The molecule has 1 heterocycles. The van der Waals surface area contributed by atoms with Crippen LogP contribution in [0.5, 0.6) is 0 Å². The molecule has 0 aliphatic rings. The number of rotatable bonds is 2.